The Labute approximate surface area is 129 Å². The van der Waals surface area contributed by atoms with E-state index in [2.05, 4.69) is 58.0 Å². The number of rotatable bonds is 1. The van der Waals surface area contributed by atoms with Gasteiger partial charge in [-0.05, 0) is 58.6 Å². The SMILES string of the molecule is Cc1cc2cccc(C3CCCCC3)c2cc1C(C)(C)C. The van der Waals surface area contributed by atoms with Crippen LogP contribution >= 0.6 is 0 Å². The molecule has 1 saturated carbocycles. The van der Waals surface area contributed by atoms with E-state index in [0.29, 0.717) is 0 Å². The summed E-state index contributed by atoms with van der Waals surface area (Å²) >= 11 is 0. The van der Waals surface area contributed by atoms with Crippen molar-refractivity contribution >= 4 is 10.8 Å². The van der Waals surface area contributed by atoms with Crippen LogP contribution in [0.1, 0.15) is 75.5 Å². The Bertz CT molecular complexity index is 637. The first-order valence-corrected chi connectivity index (χ1v) is 8.50. The Morgan fingerprint density at radius 2 is 1.67 bits per heavy atom. The molecule has 0 spiro atoms. The highest BCUT2D eigenvalue weighted by Gasteiger charge is 2.21. The number of hydrogen-bond acceptors (Lipinski definition) is 0. The molecule has 0 unspecified atom stereocenters. The molecule has 1 aliphatic carbocycles. The van der Waals surface area contributed by atoms with Gasteiger partial charge in [-0.2, -0.15) is 0 Å². The molecule has 0 nitrogen and oxygen atoms in total. The van der Waals surface area contributed by atoms with Gasteiger partial charge in [0.2, 0.25) is 0 Å². The predicted octanol–water partition coefficient (Wildman–Crippen LogP) is 6.49. The molecule has 0 atom stereocenters. The Morgan fingerprint density at radius 1 is 0.952 bits per heavy atom. The second-order valence-corrected chi connectivity index (χ2v) is 7.82. The van der Waals surface area contributed by atoms with Crippen molar-refractivity contribution in [3.05, 3.63) is 47.0 Å². The Hall–Kier alpha value is -1.30. The molecule has 0 N–H and O–H groups in total. The van der Waals surface area contributed by atoms with Crippen LogP contribution in [0.5, 0.6) is 0 Å². The van der Waals surface area contributed by atoms with Crippen molar-refractivity contribution < 1.29 is 0 Å². The van der Waals surface area contributed by atoms with Crippen LogP contribution in [0.25, 0.3) is 10.8 Å². The molecule has 0 aromatic heterocycles. The molecule has 21 heavy (non-hydrogen) atoms. The maximum atomic E-state index is 2.48. The van der Waals surface area contributed by atoms with E-state index in [1.54, 1.807) is 5.56 Å². The van der Waals surface area contributed by atoms with Gasteiger partial charge < -0.3 is 0 Å². The van der Waals surface area contributed by atoms with Crippen LogP contribution in [0.4, 0.5) is 0 Å². The van der Waals surface area contributed by atoms with Gasteiger partial charge in [0, 0.05) is 0 Å². The van der Waals surface area contributed by atoms with Crippen molar-refractivity contribution in [2.75, 3.05) is 0 Å². The van der Waals surface area contributed by atoms with Gasteiger partial charge in [-0.25, -0.2) is 0 Å². The second kappa shape index (κ2) is 5.48. The van der Waals surface area contributed by atoms with Gasteiger partial charge in [-0.15, -0.1) is 0 Å². The summed E-state index contributed by atoms with van der Waals surface area (Å²) in [4.78, 5) is 0. The van der Waals surface area contributed by atoms with Gasteiger partial charge in [-0.1, -0.05) is 70.4 Å². The lowest BCUT2D eigenvalue weighted by Gasteiger charge is -2.26. The quantitative estimate of drug-likeness (QED) is 0.559. The highest BCUT2D eigenvalue weighted by Crippen LogP contribution is 2.38. The third-order valence-corrected chi connectivity index (χ3v) is 5.11. The van der Waals surface area contributed by atoms with Crippen LogP contribution < -0.4 is 0 Å². The van der Waals surface area contributed by atoms with Gasteiger partial charge in [0.15, 0.2) is 0 Å². The molecule has 1 aliphatic rings. The standard InChI is InChI=1S/C21H28/c1-15-13-17-11-8-12-18(16-9-6-5-7-10-16)19(17)14-20(15)21(2,3)4/h8,11-14,16H,5-7,9-10H2,1-4H3. The first-order chi connectivity index (χ1) is 9.97. The molecule has 0 aliphatic heterocycles. The molecule has 3 rings (SSSR count). The van der Waals surface area contributed by atoms with Crippen LogP contribution in [-0.2, 0) is 5.41 Å². The molecule has 0 radical (unpaired) electrons. The van der Waals surface area contributed by atoms with Crippen LogP contribution in [0.15, 0.2) is 30.3 Å². The Morgan fingerprint density at radius 3 is 2.33 bits per heavy atom. The zero-order chi connectivity index (χ0) is 15.0. The average Bonchev–Trinajstić information content (AvgIpc) is 2.45. The van der Waals surface area contributed by atoms with Crippen LogP contribution in [-0.4, -0.2) is 0 Å². The predicted molar refractivity (Wildman–Crippen MR) is 93.2 cm³/mol. The molecular weight excluding hydrogens is 252 g/mol. The van der Waals surface area contributed by atoms with E-state index in [1.807, 2.05) is 0 Å². The fraction of sp³-hybridized carbons (Fsp3) is 0.524. The minimum absolute atomic E-state index is 0.220. The molecule has 0 bridgehead atoms. The molecule has 0 saturated heterocycles. The van der Waals surface area contributed by atoms with E-state index in [1.165, 1.54) is 54.0 Å². The zero-order valence-electron chi connectivity index (χ0n) is 14.0. The molecule has 0 heteroatoms. The third kappa shape index (κ3) is 2.86. The van der Waals surface area contributed by atoms with E-state index >= 15 is 0 Å². The molecule has 112 valence electrons. The van der Waals surface area contributed by atoms with Crippen LogP contribution in [0.2, 0.25) is 0 Å². The molecule has 1 fully saturated rings. The minimum Gasteiger partial charge on any atom is -0.0613 e. The van der Waals surface area contributed by atoms with E-state index in [9.17, 15) is 0 Å². The van der Waals surface area contributed by atoms with Crippen molar-refractivity contribution in [2.24, 2.45) is 0 Å². The van der Waals surface area contributed by atoms with Gasteiger partial charge in [0.05, 0.1) is 0 Å². The summed E-state index contributed by atoms with van der Waals surface area (Å²) in [7, 11) is 0. The first kappa shape index (κ1) is 14.6. The van der Waals surface area contributed by atoms with E-state index in [-0.39, 0.29) is 5.41 Å². The lowest BCUT2D eigenvalue weighted by atomic mass is 9.79. The van der Waals surface area contributed by atoms with Crippen molar-refractivity contribution in [3.63, 3.8) is 0 Å². The zero-order valence-corrected chi connectivity index (χ0v) is 14.0. The summed E-state index contributed by atoms with van der Waals surface area (Å²) in [6, 6.07) is 11.8. The number of fused-ring (bicyclic) bond motifs is 1. The maximum Gasteiger partial charge on any atom is -0.0129 e. The topological polar surface area (TPSA) is 0 Å². The molecule has 2 aromatic rings. The summed E-state index contributed by atoms with van der Waals surface area (Å²) in [6.45, 7) is 9.23. The maximum absolute atomic E-state index is 2.48. The van der Waals surface area contributed by atoms with E-state index in [4.69, 9.17) is 0 Å². The molecule has 0 heterocycles. The summed E-state index contributed by atoms with van der Waals surface area (Å²) in [5.74, 6) is 0.776. The summed E-state index contributed by atoms with van der Waals surface area (Å²) in [5, 5.41) is 2.92. The highest BCUT2D eigenvalue weighted by atomic mass is 14.3. The van der Waals surface area contributed by atoms with Crippen molar-refractivity contribution in [1.29, 1.82) is 0 Å². The van der Waals surface area contributed by atoms with Gasteiger partial charge in [-0.3, -0.25) is 0 Å². The van der Waals surface area contributed by atoms with E-state index in [0.717, 1.165) is 5.92 Å². The monoisotopic (exact) mass is 280 g/mol. The summed E-state index contributed by atoms with van der Waals surface area (Å²) in [6.07, 6.45) is 6.97. The summed E-state index contributed by atoms with van der Waals surface area (Å²) < 4.78 is 0. The first-order valence-electron chi connectivity index (χ1n) is 8.50. The Kier molecular flexibility index (Phi) is 3.82. The van der Waals surface area contributed by atoms with Gasteiger partial charge >= 0.3 is 0 Å². The average molecular weight is 280 g/mol. The minimum atomic E-state index is 0.220. The molecular formula is C21H28. The van der Waals surface area contributed by atoms with Crippen LogP contribution in [0, 0.1) is 6.92 Å². The summed E-state index contributed by atoms with van der Waals surface area (Å²) in [5.41, 5.74) is 4.74. The van der Waals surface area contributed by atoms with Gasteiger partial charge in [0.1, 0.15) is 0 Å². The number of benzene rings is 2. The lowest BCUT2D eigenvalue weighted by Crippen LogP contribution is -2.13. The molecule has 0 amide bonds. The number of aryl methyl sites for hydroxylation is 1. The smallest absolute Gasteiger partial charge is 0.0129 e. The van der Waals surface area contributed by atoms with Crippen molar-refractivity contribution in [1.82, 2.24) is 0 Å². The largest absolute Gasteiger partial charge is 0.0613 e. The van der Waals surface area contributed by atoms with Crippen molar-refractivity contribution in [2.45, 2.75) is 71.1 Å². The van der Waals surface area contributed by atoms with Gasteiger partial charge in [0.25, 0.3) is 0 Å². The van der Waals surface area contributed by atoms with Crippen LogP contribution in [0.3, 0.4) is 0 Å². The third-order valence-electron chi connectivity index (χ3n) is 5.11. The molecule has 2 aromatic carbocycles. The fourth-order valence-corrected chi connectivity index (χ4v) is 4.04. The number of hydrogen-bond donors (Lipinski definition) is 0. The van der Waals surface area contributed by atoms with Crippen molar-refractivity contribution in [3.8, 4) is 0 Å². The lowest BCUT2D eigenvalue weighted by molar-refractivity contribution is 0.445. The van der Waals surface area contributed by atoms with E-state index < -0.39 is 0 Å². The highest BCUT2D eigenvalue weighted by molar-refractivity contribution is 5.88. The Balaban J connectivity index is 2.16. The second-order valence-electron chi connectivity index (χ2n) is 7.82. The normalized spacial score (nSPS) is 17.3. The fourth-order valence-electron chi connectivity index (χ4n) is 4.04.